The molecule has 0 aliphatic carbocycles. The maximum Gasteiger partial charge on any atom is 0.191 e. The van der Waals surface area contributed by atoms with E-state index in [2.05, 4.69) is 58.9 Å². The fourth-order valence-electron chi connectivity index (χ4n) is 3.71. The van der Waals surface area contributed by atoms with Gasteiger partial charge in [0.15, 0.2) is 5.96 Å². The average Bonchev–Trinajstić information content (AvgIpc) is 2.81. The molecular weight excluding hydrogens is 517 g/mol. The van der Waals surface area contributed by atoms with Crippen molar-refractivity contribution < 1.29 is 14.2 Å². The standard InChI is InChI=1S/C25H35N3O3.HI/c1-19-7-8-24(29-3)22(15-19)9-12-27-25(26-2)28-17-20-5-4-6-21(16-20)18-31-23-10-13-30-14-11-23;/h4-8,15-16,23H,9-14,17-18H2,1-3H3,(H2,26,27,28);1H. The van der Waals surface area contributed by atoms with E-state index >= 15 is 0 Å². The van der Waals surface area contributed by atoms with Gasteiger partial charge in [-0.15, -0.1) is 24.0 Å². The second-order valence-corrected chi connectivity index (χ2v) is 7.86. The highest BCUT2D eigenvalue weighted by molar-refractivity contribution is 14.0. The summed E-state index contributed by atoms with van der Waals surface area (Å²) in [6, 6.07) is 14.8. The molecule has 0 unspecified atom stereocenters. The minimum absolute atomic E-state index is 0. The first-order valence-electron chi connectivity index (χ1n) is 11.0. The summed E-state index contributed by atoms with van der Waals surface area (Å²) >= 11 is 0. The van der Waals surface area contributed by atoms with Gasteiger partial charge in [-0.25, -0.2) is 0 Å². The molecule has 6 nitrogen and oxygen atoms in total. The van der Waals surface area contributed by atoms with Crippen LogP contribution < -0.4 is 15.4 Å². The Balaban J connectivity index is 0.00000363. The van der Waals surface area contributed by atoms with Gasteiger partial charge in [-0.3, -0.25) is 4.99 Å². The molecule has 0 bridgehead atoms. The lowest BCUT2D eigenvalue weighted by molar-refractivity contribution is -0.0390. The van der Waals surface area contributed by atoms with Gasteiger partial charge in [0.25, 0.3) is 0 Å². The highest BCUT2D eigenvalue weighted by atomic mass is 127. The summed E-state index contributed by atoms with van der Waals surface area (Å²) in [5.41, 5.74) is 4.83. The van der Waals surface area contributed by atoms with Crippen LogP contribution in [0.15, 0.2) is 47.5 Å². The number of benzene rings is 2. The number of aliphatic imine (C=N–C) groups is 1. The van der Waals surface area contributed by atoms with Gasteiger partial charge in [0, 0.05) is 33.4 Å². The van der Waals surface area contributed by atoms with Gasteiger partial charge in [0.05, 0.1) is 19.8 Å². The van der Waals surface area contributed by atoms with Crippen LogP contribution in [0.2, 0.25) is 0 Å². The number of aryl methyl sites for hydroxylation is 1. The molecule has 0 aromatic heterocycles. The summed E-state index contributed by atoms with van der Waals surface area (Å²) in [7, 11) is 3.51. The van der Waals surface area contributed by atoms with E-state index in [1.165, 1.54) is 22.3 Å². The van der Waals surface area contributed by atoms with Crippen LogP contribution in [-0.4, -0.2) is 46.0 Å². The molecule has 1 aliphatic rings. The maximum atomic E-state index is 6.05. The molecule has 1 fully saturated rings. The summed E-state index contributed by atoms with van der Waals surface area (Å²) < 4.78 is 16.9. The second-order valence-electron chi connectivity index (χ2n) is 7.86. The lowest BCUT2D eigenvalue weighted by Crippen LogP contribution is -2.37. The van der Waals surface area contributed by atoms with Gasteiger partial charge in [0.1, 0.15) is 5.75 Å². The summed E-state index contributed by atoms with van der Waals surface area (Å²) in [6.07, 6.45) is 3.14. The third kappa shape index (κ3) is 8.60. The highest BCUT2D eigenvalue weighted by Crippen LogP contribution is 2.19. The first-order chi connectivity index (χ1) is 15.2. The number of hydrogen-bond donors (Lipinski definition) is 2. The van der Waals surface area contributed by atoms with Crippen molar-refractivity contribution in [2.75, 3.05) is 33.9 Å². The molecule has 7 heteroatoms. The lowest BCUT2D eigenvalue weighted by atomic mass is 10.1. The van der Waals surface area contributed by atoms with Crippen molar-refractivity contribution in [3.05, 3.63) is 64.7 Å². The third-order valence-corrected chi connectivity index (χ3v) is 5.45. The van der Waals surface area contributed by atoms with Crippen molar-refractivity contribution in [2.45, 2.75) is 45.4 Å². The van der Waals surface area contributed by atoms with Crippen LogP contribution in [0, 0.1) is 6.92 Å². The Morgan fingerprint density at radius 2 is 1.88 bits per heavy atom. The monoisotopic (exact) mass is 553 g/mol. The summed E-state index contributed by atoms with van der Waals surface area (Å²) in [5.74, 6) is 1.71. The van der Waals surface area contributed by atoms with E-state index in [1.807, 2.05) is 6.07 Å². The highest BCUT2D eigenvalue weighted by Gasteiger charge is 2.14. The van der Waals surface area contributed by atoms with Gasteiger partial charge < -0.3 is 24.8 Å². The minimum Gasteiger partial charge on any atom is -0.496 e. The molecular formula is C25H36IN3O3. The molecule has 0 radical (unpaired) electrons. The maximum absolute atomic E-state index is 6.05. The molecule has 2 N–H and O–H groups in total. The van der Waals surface area contributed by atoms with Crippen molar-refractivity contribution in [3.8, 4) is 5.75 Å². The quantitative estimate of drug-likeness (QED) is 0.277. The summed E-state index contributed by atoms with van der Waals surface area (Å²) in [4.78, 5) is 4.34. The zero-order chi connectivity index (χ0) is 21.9. The van der Waals surface area contributed by atoms with Crippen molar-refractivity contribution in [2.24, 2.45) is 4.99 Å². The SMILES string of the molecule is CN=C(NCCc1cc(C)ccc1OC)NCc1cccc(COC2CCOCC2)c1.I. The van der Waals surface area contributed by atoms with Gasteiger partial charge in [0.2, 0.25) is 0 Å². The van der Waals surface area contributed by atoms with Gasteiger partial charge in [-0.05, 0) is 48.9 Å². The second kappa shape index (κ2) is 14.3. The average molecular weight is 553 g/mol. The Kier molecular flexibility index (Phi) is 11.8. The minimum atomic E-state index is 0. The normalized spacial score (nSPS) is 14.5. The van der Waals surface area contributed by atoms with Gasteiger partial charge in [-0.2, -0.15) is 0 Å². The number of ether oxygens (including phenoxy) is 3. The largest absolute Gasteiger partial charge is 0.496 e. The van der Waals surface area contributed by atoms with Crippen molar-refractivity contribution in [3.63, 3.8) is 0 Å². The molecule has 1 saturated heterocycles. The fraction of sp³-hybridized carbons (Fsp3) is 0.480. The van der Waals surface area contributed by atoms with Crippen LogP contribution in [0.3, 0.4) is 0 Å². The molecule has 0 atom stereocenters. The molecule has 1 heterocycles. The Labute approximate surface area is 209 Å². The zero-order valence-corrected chi connectivity index (χ0v) is 21.7. The van der Waals surface area contributed by atoms with Crippen molar-refractivity contribution in [1.82, 2.24) is 10.6 Å². The number of nitrogens with one attached hydrogen (secondary N) is 2. The molecule has 2 aromatic rings. The van der Waals surface area contributed by atoms with Crippen LogP contribution in [-0.2, 0) is 29.0 Å². The van der Waals surface area contributed by atoms with Gasteiger partial charge >= 0.3 is 0 Å². The molecule has 0 amide bonds. The van der Waals surface area contributed by atoms with Crippen LogP contribution in [0.4, 0.5) is 0 Å². The van der Waals surface area contributed by atoms with E-state index in [0.29, 0.717) is 19.3 Å². The Morgan fingerprint density at radius 1 is 1.09 bits per heavy atom. The first kappa shape index (κ1) is 26.4. The number of rotatable bonds is 9. The Bertz CT molecular complexity index is 854. The topological polar surface area (TPSA) is 64.1 Å². The molecule has 3 rings (SSSR count). The smallest absolute Gasteiger partial charge is 0.191 e. The molecule has 0 spiro atoms. The number of methoxy groups -OCH3 is 1. The van der Waals surface area contributed by atoms with E-state index in [9.17, 15) is 0 Å². The molecule has 32 heavy (non-hydrogen) atoms. The first-order valence-corrected chi connectivity index (χ1v) is 11.0. The Morgan fingerprint density at radius 3 is 2.62 bits per heavy atom. The third-order valence-electron chi connectivity index (χ3n) is 5.45. The molecule has 2 aromatic carbocycles. The fourth-order valence-corrected chi connectivity index (χ4v) is 3.71. The van der Waals surface area contributed by atoms with Crippen LogP contribution in [0.5, 0.6) is 5.75 Å². The predicted octanol–water partition coefficient (Wildman–Crippen LogP) is 4.22. The number of nitrogens with zero attached hydrogens (tertiary/aromatic N) is 1. The molecule has 176 valence electrons. The summed E-state index contributed by atoms with van der Waals surface area (Å²) in [6.45, 7) is 5.83. The molecule has 0 saturated carbocycles. The van der Waals surface area contributed by atoms with E-state index in [-0.39, 0.29) is 24.0 Å². The predicted molar refractivity (Wildman–Crippen MR) is 140 cm³/mol. The van der Waals surface area contributed by atoms with Gasteiger partial charge in [-0.1, -0.05) is 42.0 Å². The van der Waals surface area contributed by atoms with E-state index in [4.69, 9.17) is 14.2 Å². The lowest BCUT2D eigenvalue weighted by Gasteiger charge is -2.22. The van der Waals surface area contributed by atoms with Crippen molar-refractivity contribution in [1.29, 1.82) is 0 Å². The number of halogens is 1. The van der Waals surface area contributed by atoms with E-state index in [1.54, 1.807) is 14.2 Å². The zero-order valence-electron chi connectivity index (χ0n) is 19.4. The van der Waals surface area contributed by atoms with Crippen LogP contribution >= 0.6 is 24.0 Å². The molecule has 1 aliphatic heterocycles. The van der Waals surface area contributed by atoms with Crippen molar-refractivity contribution >= 4 is 29.9 Å². The van der Waals surface area contributed by atoms with E-state index in [0.717, 1.165) is 50.7 Å². The van der Waals surface area contributed by atoms with Crippen LogP contribution in [0.1, 0.15) is 35.1 Å². The number of hydrogen-bond acceptors (Lipinski definition) is 4. The van der Waals surface area contributed by atoms with Crippen LogP contribution in [0.25, 0.3) is 0 Å². The number of guanidine groups is 1. The summed E-state index contributed by atoms with van der Waals surface area (Å²) in [5, 5.41) is 6.78. The Hall–Kier alpha value is -1.84. The van der Waals surface area contributed by atoms with E-state index < -0.39 is 0 Å².